The number of pyridine rings is 1. The van der Waals surface area contributed by atoms with Crippen molar-refractivity contribution in [3.8, 4) is 6.07 Å². The molecule has 4 nitrogen and oxygen atoms in total. The zero-order valence-electron chi connectivity index (χ0n) is 11.2. The lowest BCUT2D eigenvalue weighted by molar-refractivity contribution is 0.318. The van der Waals surface area contributed by atoms with E-state index in [0.717, 1.165) is 30.9 Å². The molecule has 19 heavy (non-hydrogen) atoms. The van der Waals surface area contributed by atoms with Crippen molar-refractivity contribution in [2.75, 3.05) is 24.5 Å². The summed E-state index contributed by atoms with van der Waals surface area (Å²) in [6.45, 7) is 3.37. The third-order valence-electron chi connectivity index (χ3n) is 4.41. The van der Waals surface area contributed by atoms with E-state index in [1.165, 1.54) is 32.2 Å². The van der Waals surface area contributed by atoms with Gasteiger partial charge in [-0.1, -0.05) is 0 Å². The summed E-state index contributed by atoms with van der Waals surface area (Å²) in [5.74, 6) is 1.84. The average Bonchev–Trinajstić information content (AvgIpc) is 3.02. The van der Waals surface area contributed by atoms with Crippen LogP contribution < -0.4 is 10.2 Å². The van der Waals surface area contributed by atoms with Crippen LogP contribution in [0.5, 0.6) is 0 Å². The predicted octanol–water partition coefficient (Wildman–Crippen LogP) is 1.92. The van der Waals surface area contributed by atoms with E-state index in [-0.39, 0.29) is 0 Å². The minimum absolute atomic E-state index is 0.633. The van der Waals surface area contributed by atoms with Crippen LogP contribution in [0.25, 0.3) is 0 Å². The van der Waals surface area contributed by atoms with Crippen molar-refractivity contribution in [2.45, 2.75) is 31.7 Å². The molecule has 2 saturated heterocycles. The van der Waals surface area contributed by atoms with Gasteiger partial charge >= 0.3 is 0 Å². The Morgan fingerprint density at radius 3 is 2.68 bits per heavy atom. The summed E-state index contributed by atoms with van der Waals surface area (Å²) in [6, 6.07) is 6.68. The van der Waals surface area contributed by atoms with E-state index >= 15 is 0 Å². The molecule has 2 fully saturated rings. The number of anilines is 1. The van der Waals surface area contributed by atoms with Crippen molar-refractivity contribution < 1.29 is 0 Å². The number of rotatable bonds is 2. The van der Waals surface area contributed by atoms with Crippen LogP contribution >= 0.6 is 0 Å². The van der Waals surface area contributed by atoms with E-state index in [0.29, 0.717) is 5.56 Å². The highest BCUT2D eigenvalue weighted by Gasteiger charge is 2.28. The first kappa shape index (κ1) is 12.4. The summed E-state index contributed by atoms with van der Waals surface area (Å²) in [5, 5.41) is 12.4. The summed E-state index contributed by atoms with van der Waals surface area (Å²) < 4.78 is 0. The number of hydrogen-bond acceptors (Lipinski definition) is 4. The van der Waals surface area contributed by atoms with Gasteiger partial charge in [-0.05, 0) is 50.3 Å². The summed E-state index contributed by atoms with van der Waals surface area (Å²) in [6.07, 6.45) is 6.85. The Morgan fingerprint density at radius 2 is 2.11 bits per heavy atom. The van der Waals surface area contributed by atoms with Crippen LogP contribution in [0.15, 0.2) is 18.3 Å². The first-order chi connectivity index (χ1) is 9.36. The van der Waals surface area contributed by atoms with Gasteiger partial charge in [0, 0.05) is 25.3 Å². The van der Waals surface area contributed by atoms with E-state index in [1.54, 1.807) is 6.20 Å². The van der Waals surface area contributed by atoms with Crippen LogP contribution in [0.4, 0.5) is 5.82 Å². The van der Waals surface area contributed by atoms with Crippen LogP contribution in [0.2, 0.25) is 0 Å². The molecule has 0 amide bonds. The number of hydrogen-bond donors (Lipinski definition) is 1. The average molecular weight is 256 g/mol. The van der Waals surface area contributed by atoms with Gasteiger partial charge in [-0.15, -0.1) is 0 Å². The molecular weight excluding hydrogens is 236 g/mol. The highest BCUT2D eigenvalue weighted by atomic mass is 15.2. The Bertz CT molecular complexity index is 448. The number of nitrogens with zero attached hydrogens (tertiary/aromatic N) is 3. The molecule has 3 rings (SSSR count). The minimum Gasteiger partial charge on any atom is -0.357 e. The highest BCUT2D eigenvalue weighted by Crippen LogP contribution is 2.27. The molecule has 4 heteroatoms. The molecular formula is C15H20N4. The fraction of sp³-hybridized carbons (Fsp3) is 0.600. The van der Waals surface area contributed by atoms with Gasteiger partial charge in [-0.3, -0.25) is 0 Å². The first-order valence-corrected chi connectivity index (χ1v) is 7.21. The lowest BCUT2D eigenvalue weighted by Gasteiger charge is -2.35. The van der Waals surface area contributed by atoms with E-state index in [4.69, 9.17) is 5.26 Å². The van der Waals surface area contributed by atoms with Gasteiger partial charge in [-0.25, -0.2) is 4.98 Å². The zero-order chi connectivity index (χ0) is 13.1. The molecule has 1 atom stereocenters. The molecule has 100 valence electrons. The van der Waals surface area contributed by atoms with Crippen LogP contribution in [0.1, 0.15) is 31.2 Å². The Morgan fingerprint density at radius 1 is 1.26 bits per heavy atom. The molecule has 1 unspecified atom stereocenters. The Kier molecular flexibility index (Phi) is 3.65. The molecule has 1 aromatic heterocycles. The van der Waals surface area contributed by atoms with E-state index < -0.39 is 0 Å². The molecule has 1 N–H and O–H groups in total. The van der Waals surface area contributed by atoms with Gasteiger partial charge in [-0.2, -0.15) is 5.26 Å². The van der Waals surface area contributed by atoms with Gasteiger partial charge in [0.05, 0.1) is 5.56 Å². The lowest BCUT2D eigenvalue weighted by Crippen LogP contribution is -2.41. The molecule has 2 aliphatic rings. The van der Waals surface area contributed by atoms with E-state index in [1.807, 2.05) is 12.1 Å². The number of piperidine rings is 1. The second-order valence-electron chi connectivity index (χ2n) is 5.54. The maximum absolute atomic E-state index is 8.78. The van der Waals surface area contributed by atoms with Gasteiger partial charge in [0.2, 0.25) is 0 Å². The normalized spacial score (nSPS) is 24.4. The summed E-state index contributed by atoms with van der Waals surface area (Å²) in [7, 11) is 0. The third kappa shape index (κ3) is 2.71. The standard InChI is InChI=1S/C15H20N4/c16-10-12-3-4-15(18-11-12)19-8-5-13(6-9-19)14-2-1-7-17-14/h3-4,11,13-14,17H,1-2,5-9H2. The van der Waals surface area contributed by atoms with Crippen molar-refractivity contribution in [3.63, 3.8) is 0 Å². The molecule has 3 heterocycles. The third-order valence-corrected chi connectivity index (χ3v) is 4.41. The molecule has 0 bridgehead atoms. The number of aromatic nitrogens is 1. The van der Waals surface area contributed by atoms with Gasteiger partial charge in [0.25, 0.3) is 0 Å². The maximum Gasteiger partial charge on any atom is 0.128 e. The maximum atomic E-state index is 8.78. The van der Waals surface area contributed by atoms with Gasteiger partial charge < -0.3 is 10.2 Å². The molecule has 2 aliphatic heterocycles. The van der Waals surface area contributed by atoms with Crippen molar-refractivity contribution in [3.05, 3.63) is 23.9 Å². The van der Waals surface area contributed by atoms with Crippen molar-refractivity contribution in [1.29, 1.82) is 5.26 Å². The van der Waals surface area contributed by atoms with Crippen LogP contribution in [0, 0.1) is 17.2 Å². The summed E-state index contributed by atoms with van der Waals surface area (Å²) in [5.41, 5.74) is 0.633. The molecule has 0 aliphatic carbocycles. The fourth-order valence-electron chi connectivity index (χ4n) is 3.28. The largest absolute Gasteiger partial charge is 0.357 e. The van der Waals surface area contributed by atoms with Crippen LogP contribution in [-0.2, 0) is 0 Å². The molecule has 0 aromatic carbocycles. The smallest absolute Gasteiger partial charge is 0.128 e. The molecule has 0 radical (unpaired) electrons. The zero-order valence-corrected chi connectivity index (χ0v) is 11.2. The van der Waals surface area contributed by atoms with E-state index in [9.17, 15) is 0 Å². The summed E-state index contributed by atoms with van der Waals surface area (Å²) in [4.78, 5) is 6.72. The molecule has 0 spiro atoms. The second kappa shape index (κ2) is 5.58. The number of nitrogens with one attached hydrogen (secondary N) is 1. The predicted molar refractivity (Wildman–Crippen MR) is 74.9 cm³/mol. The molecule has 0 saturated carbocycles. The SMILES string of the molecule is N#Cc1ccc(N2CCC(C3CCCN3)CC2)nc1. The second-order valence-corrected chi connectivity index (χ2v) is 5.54. The minimum atomic E-state index is 0.633. The summed E-state index contributed by atoms with van der Waals surface area (Å²) >= 11 is 0. The monoisotopic (exact) mass is 256 g/mol. The fourth-order valence-corrected chi connectivity index (χ4v) is 3.28. The van der Waals surface area contributed by atoms with Gasteiger partial charge in [0.15, 0.2) is 0 Å². The molecule has 1 aromatic rings. The van der Waals surface area contributed by atoms with Crippen molar-refractivity contribution in [1.82, 2.24) is 10.3 Å². The Hall–Kier alpha value is -1.60. The Balaban J connectivity index is 1.58. The van der Waals surface area contributed by atoms with Crippen molar-refractivity contribution in [2.24, 2.45) is 5.92 Å². The topological polar surface area (TPSA) is 52.0 Å². The highest BCUT2D eigenvalue weighted by molar-refractivity contribution is 5.42. The van der Waals surface area contributed by atoms with Crippen LogP contribution in [-0.4, -0.2) is 30.7 Å². The van der Waals surface area contributed by atoms with Gasteiger partial charge in [0.1, 0.15) is 11.9 Å². The first-order valence-electron chi connectivity index (χ1n) is 7.21. The Labute approximate surface area is 114 Å². The van der Waals surface area contributed by atoms with Crippen LogP contribution in [0.3, 0.4) is 0 Å². The van der Waals surface area contributed by atoms with E-state index in [2.05, 4.69) is 21.3 Å². The quantitative estimate of drug-likeness (QED) is 0.878. The number of nitriles is 1. The lowest BCUT2D eigenvalue weighted by atomic mass is 9.88. The van der Waals surface area contributed by atoms with Crippen molar-refractivity contribution >= 4 is 5.82 Å².